The van der Waals surface area contributed by atoms with Crippen molar-refractivity contribution in [2.45, 2.75) is 13.1 Å². The molecule has 0 radical (unpaired) electrons. The van der Waals surface area contributed by atoms with Gasteiger partial charge >= 0.3 is 5.69 Å². The number of nitrogens with zero attached hydrogens (tertiary/aromatic N) is 4. The second-order valence-corrected chi connectivity index (χ2v) is 7.62. The molecule has 4 rings (SSSR count). The van der Waals surface area contributed by atoms with Gasteiger partial charge in [0.1, 0.15) is 11.5 Å². The van der Waals surface area contributed by atoms with Crippen molar-refractivity contribution in [2.75, 3.05) is 30.9 Å². The van der Waals surface area contributed by atoms with Gasteiger partial charge in [-0.25, -0.2) is 9.78 Å². The molecule has 0 unspecified atom stereocenters. The molecule has 0 saturated carbocycles. The number of rotatable bonds is 9. The summed E-state index contributed by atoms with van der Waals surface area (Å²) in [5.41, 5.74) is 8.45. The third-order valence-electron chi connectivity index (χ3n) is 5.39. The Balaban J connectivity index is 1.67. The normalized spacial score (nSPS) is 10.9. The van der Waals surface area contributed by atoms with Crippen molar-refractivity contribution in [1.29, 1.82) is 0 Å². The Morgan fingerprint density at radius 2 is 1.82 bits per heavy atom. The average Bonchev–Trinajstić information content (AvgIpc) is 3.36. The summed E-state index contributed by atoms with van der Waals surface area (Å²) in [4.78, 5) is 33.7. The van der Waals surface area contributed by atoms with Gasteiger partial charge in [-0.1, -0.05) is 42.5 Å². The van der Waals surface area contributed by atoms with E-state index in [1.54, 1.807) is 19.6 Å². The van der Waals surface area contributed by atoms with Gasteiger partial charge in [0.15, 0.2) is 0 Å². The van der Waals surface area contributed by atoms with Crippen molar-refractivity contribution in [3.05, 3.63) is 105 Å². The number of nitrogen functional groups attached to an aromatic ring is 1. The number of H-pyrrole nitrogens is 1. The number of nitrogens with two attached hydrogens (primary N) is 1. The van der Waals surface area contributed by atoms with Crippen molar-refractivity contribution >= 4 is 11.5 Å². The molecule has 33 heavy (non-hydrogen) atoms. The molecule has 0 aliphatic heterocycles. The first-order chi connectivity index (χ1) is 16.1. The van der Waals surface area contributed by atoms with Gasteiger partial charge in [-0.2, -0.15) is 0 Å². The van der Waals surface area contributed by atoms with Gasteiger partial charge < -0.3 is 19.9 Å². The molecule has 0 saturated heterocycles. The maximum Gasteiger partial charge on any atom is 0.330 e. The summed E-state index contributed by atoms with van der Waals surface area (Å²) in [6, 6.07) is 17.4. The third-order valence-corrected chi connectivity index (χ3v) is 5.39. The smallest absolute Gasteiger partial charge is 0.330 e. The topological polar surface area (TPSA) is 111 Å². The van der Waals surface area contributed by atoms with Crippen LogP contribution in [-0.2, 0) is 17.8 Å². The molecular formula is C24H26N6O3. The van der Waals surface area contributed by atoms with Crippen LogP contribution in [0.15, 0.2) is 82.9 Å². The predicted molar refractivity (Wildman–Crippen MR) is 128 cm³/mol. The Hall–Kier alpha value is -4.11. The minimum absolute atomic E-state index is 0.124. The van der Waals surface area contributed by atoms with Gasteiger partial charge in [-0.05, 0) is 23.3 Å². The van der Waals surface area contributed by atoms with E-state index < -0.39 is 11.2 Å². The number of anilines is 2. The standard InChI is InChI=1S/C24H26N6O3/c1-33-14-13-28(15-19-7-9-20(10-8-19)29-12-11-26-17-29)21-22(25)30(24(32)27-23(21)31)16-18-5-3-2-4-6-18/h2-12,17H,13-16,25H2,1H3,(H,27,31,32). The number of methoxy groups -OCH3 is 1. The molecule has 0 bridgehead atoms. The molecule has 9 heteroatoms. The second-order valence-electron chi connectivity index (χ2n) is 7.62. The summed E-state index contributed by atoms with van der Waals surface area (Å²) in [5.74, 6) is 0.124. The van der Waals surface area contributed by atoms with Crippen molar-refractivity contribution in [3.63, 3.8) is 0 Å². The van der Waals surface area contributed by atoms with E-state index in [2.05, 4.69) is 9.97 Å². The van der Waals surface area contributed by atoms with Gasteiger partial charge in [0.25, 0.3) is 5.56 Å². The lowest BCUT2D eigenvalue weighted by molar-refractivity contribution is 0.205. The monoisotopic (exact) mass is 446 g/mol. The maximum absolute atomic E-state index is 12.8. The van der Waals surface area contributed by atoms with E-state index in [0.29, 0.717) is 19.7 Å². The highest BCUT2D eigenvalue weighted by molar-refractivity contribution is 5.63. The first-order valence-electron chi connectivity index (χ1n) is 10.5. The summed E-state index contributed by atoms with van der Waals surface area (Å²) in [5, 5.41) is 0. The molecule has 9 nitrogen and oxygen atoms in total. The number of imidazole rings is 1. The van der Waals surface area contributed by atoms with Gasteiger partial charge in [-0.3, -0.25) is 14.3 Å². The molecule has 0 aliphatic rings. The first kappa shape index (κ1) is 22.1. The van der Waals surface area contributed by atoms with E-state index in [4.69, 9.17) is 10.5 Å². The number of nitrogens with one attached hydrogen (secondary N) is 1. The summed E-state index contributed by atoms with van der Waals surface area (Å²) in [6.07, 6.45) is 5.33. The fraction of sp³-hybridized carbons (Fsp3) is 0.208. The summed E-state index contributed by atoms with van der Waals surface area (Å²) < 4.78 is 8.55. The Morgan fingerprint density at radius 3 is 2.48 bits per heavy atom. The van der Waals surface area contributed by atoms with E-state index in [1.807, 2.05) is 70.3 Å². The Bertz CT molecular complexity index is 1300. The van der Waals surface area contributed by atoms with E-state index in [-0.39, 0.29) is 18.1 Å². The summed E-state index contributed by atoms with van der Waals surface area (Å²) >= 11 is 0. The van der Waals surface area contributed by atoms with Crippen LogP contribution in [0.5, 0.6) is 0 Å². The molecule has 2 aromatic heterocycles. The third kappa shape index (κ3) is 5.04. The van der Waals surface area contributed by atoms with Crippen molar-refractivity contribution in [3.8, 4) is 5.69 Å². The molecule has 2 heterocycles. The molecule has 4 aromatic rings. The lowest BCUT2D eigenvalue weighted by Gasteiger charge is -2.26. The van der Waals surface area contributed by atoms with E-state index in [1.165, 1.54) is 4.57 Å². The van der Waals surface area contributed by atoms with Gasteiger partial charge in [0, 0.05) is 38.3 Å². The summed E-state index contributed by atoms with van der Waals surface area (Å²) in [7, 11) is 1.60. The fourth-order valence-electron chi connectivity index (χ4n) is 3.68. The van der Waals surface area contributed by atoms with Crippen molar-refractivity contribution < 1.29 is 4.74 Å². The fourth-order valence-corrected chi connectivity index (χ4v) is 3.68. The Labute approximate surface area is 190 Å². The number of aromatic amines is 1. The van der Waals surface area contributed by atoms with E-state index in [9.17, 15) is 9.59 Å². The number of benzene rings is 2. The highest BCUT2D eigenvalue weighted by Gasteiger charge is 2.19. The van der Waals surface area contributed by atoms with E-state index >= 15 is 0 Å². The number of ether oxygens (including phenoxy) is 1. The van der Waals surface area contributed by atoms with Crippen molar-refractivity contribution in [2.24, 2.45) is 0 Å². The Kier molecular flexibility index (Phi) is 6.70. The highest BCUT2D eigenvalue weighted by Crippen LogP contribution is 2.21. The number of aromatic nitrogens is 4. The highest BCUT2D eigenvalue weighted by atomic mass is 16.5. The van der Waals surface area contributed by atoms with E-state index in [0.717, 1.165) is 16.8 Å². The first-order valence-corrected chi connectivity index (χ1v) is 10.5. The van der Waals surface area contributed by atoms with Gasteiger partial charge in [0.05, 0.1) is 19.5 Å². The molecule has 170 valence electrons. The largest absolute Gasteiger partial charge is 0.383 e. The average molecular weight is 447 g/mol. The number of hydrogen-bond acceptors (Lipinski definition) is 6. The van der Waals surface area contributed by atoms with Crippen LogP contribution >= 0.6 is 0 Å². The maximum atomic E-state index is 12.8. The molecule has 3 N–H and O–H groups in total. The minimum Gasteiger partial charge on any atom is -0.383 e. The zero-order valence-corrected chi connectivity index (χ0v) is 18.3. The van der Waals surface area contributed by atoms with Crippen LogP contribution in [0, 0.1) is 0 Å². The van der Waals surface area contributed by atoms with Gasteiger partial charge in [0.2, 0.25) is 0 Å². The van der Waals surface area contributed by atoms with Crippen LogP contribution in [0.1, 0.15) is 11.1 Å². The molecule has 2 aromatic carbocycles. The molecule has 0 spiro atoms. The second kappa shape index (κ2) is 10.0. The zero-order valence-electron chi connectivity index (χ0n) is 18.3. The molecule has 0 fully saturated rings. The zero-order chi connectivity index (χ0) is 23.2. The molecule has 0 amide bonds. The van der Waals surface area contributed by atoms with Crippen LogP contribution < -0.4 is 21.9 Å². The van der Waals surface area contributed by atoms with Crippen molar-refractivity contribution in [1.82, 2.24) is 19.1 Å². The lowest BCUT2D eigenvalue weighted by Crippen LogP contribution is -2.39. The minimum atomic E-state index is -0.540. The van der Waals surface area contributed by atoms with Crippen LogP contribution in [-0.4, -0.2) is 39.4 Å². The molecule has 0 atom stereocenters. The summed E-state index contributed by atoms with van der Waals surface area (Å²) in [6.45, 7) is 1.50. The Morgan fingerprint density at radius 1 is 1.06 bits per heavy atom. The predicted octanol–water partition coefficient (Wildman–Crippen LogP) is 2.01. The van der Waals surface area contributed by atoms with Crippen LogP contribution in [0.25, 0.3) is 5.69 Å². The van der Waals surface area contributed by atoms with Crippen LogP contribution in [0.3, 0.4) is 0 Å². The SMILES string of the molecule is COCCN(Cc1ccc(-n2ccnc2)cc1)c1c(N)n(Cc2ccccc2)c(=O)[nH]c1=O. The number of hydrogen-bond donors (Lipinski definition) is 2. The van der Waals surface area contributed by atoms with Gasteiger partial charge in [-0.15, -0.1) is 0 Å². The quantitative estimate of drug-likeness (QED) is 0.407. The molecule has 0 aliphatic carbocycles. The lowest BCUT2D eigenvalue weighted by atomic mass is 10.1. The van der Waals surface area contributed by atoms with Crippen LogP contribution in [0.4, 0.5) is 11.5 Å². The molecular weight excluding hydrogens is 420 g/mol. The van der Waals surface area contributed by atoms with Crippen LogP contribution in [0.2, 0.25) is 0 Å².